The van der Waals surface area contributed by atoms with Gasteiger partial charge in [0.25, 0.3) is 0 Å². The first-order chi connectivity index (χ1) is 13.4. The minimum absolute atomic E-state index is 0.0215. The Morgan fingerprint density at radius 2 is 1.61 bits per heavy atom. The van der Waals surface area contributed by atoms with Crippen LogP contribution in [0.5, 0.6) is 11.5 Å². The Balaban J connectivity index is 1.76. The summed E-state index contributed by atoms with van der Waals surface area (Å²) in [5.74, 6) is 1.10. The van der Waals surface area contributed by atoms with Crippen molar-refractivity contribution in [3.8, 4) is 11.5 Å². The number of hydroxylamine groups is 1. The molecule has 10 heteroatoms. The predicted molar refractivity (Wildman–Crippen MR) is 97.5 cm³/mol. The zero-order chi connectivity index (χ0) is 20.0. The highest BCUT2D eigenvalue weighted by atomic mass is 32.2. The molecule has 28 heavy (non-hydrogen) atoms. The van der Waals surface area contributed by atoms with Crippen LogP contribution in [0.15, 0.2) is 59.5 Å². The molecule has 1 fully saturated rings. The lowest BCUT2D eigenvalue weighted by atomic mass is 10.1. The van der Waals surface area contributed by atoms with Crippen LogP contribution in [0.3, 0.4) is 0 Å². The smallest absolute Gasteiger partial charge is 0.432 e. The summed E-state index contributed by atoms with van der Waals surface area (Å²) in [6.07, 6.45) is -0.944. The molecule has 2 aromatic carbocycles. The summed E-state index contributed by atoms with van der Waals surface area (Å²) in [5, 5.41) is 8.70. The Bertz CT molecular complexity index is 895. The molecule has 0 spiro atoms. The van der Waals surface area contributed by atoms with Crippen LogP contribution in [0.2, 0.25) is 0 Å². The fourth-order valence-electron chi connectivity index (χ4n) is 2.74. The number of hydrogen-bond donors (Lipinski definition) is 3. The van der Waals surface area contributed by atoms with Crippen molar-refractivity contribution in [3.63, 3.8) is 0 Å². The summed E-state index contributed by atoms with van der Waals surface area (Å²) in [7, 11) is -4.01. The van der Waals surface area contributed by atoms with E-state index >= 15 is 0 Å². The van der Waals surface area contributed by atoms with Crippen LogP contribution in [-0.2, 0) is 19.5 Å². The van der Waals surface area contributed by atoms with Crippen LogP contribution in [0.1, 0.15) is 12.8 Å². The fraction of sp³-hybridized carbons (Fsp3) is 0.278. The second kappa shape index (κ2) is 8.57. The SMILES string of the molecule is O=C(NO)OC1(NS(=O)(=O)c2ccc(Oc3ccccc3)cc2)CCOCC1. The topological polar surface area (TPSA) is 123 Å². The molecule has 0 saturated carbocycles. The lowest BCUT2D eigenvalue weighted by Crippen LogP contribution is -2.55. The van der Waals surface area contributed by atoms with E-state index < -0.39 is 21.8 Å². The predicted octanol–water partition coefficient (Wildman–Crippen LogP) is 2.38. The molecule has 2 aromatic rings. The van der Waals surface area contributed by atoms with Gasteiger partial charge >= 0.3 is 6.09 Å². The van der Waals surface area contributed by atoms with Crippen LogP contribution < -0.4 is 14.9 Å². The number of benzene rings is 2. The molecule has 1 aliphatic rings. The normalized spacial score (nSPS) is 16.2. The minimum Gasteiger partial charge on any atom is -0.457 e. The molecule has 0 bridgehead atoms. The molecule has 1 saturated heterocycles. The van der Waals surface area contributed by atoms with E-state index in [1.165, 1.54) is 29.7 Å². The summed E-state index contributed by atoms with van der Waals surface area (Å²) in [6, 6.07) is 14.9. The maximum atomic E-state index is 12.8. The van der Waals surface area contributed by atoms with Crippen LogP contribution >= 0.6 is 0 Å². The summed E-state index contributed by atoms with van der Waals surface area (Å²) < 4.78 is 43.9. The van der Waals surface area contributed by atoms with Crippen molar-refractivity contribution >= 4 is 16.1 Å². The van der Waals surface area contributed by atoms with Crippen molar-refractivity contribution in [1.29, 1.82) is 0 Å². The number of ether oxygens (including phenoxy) is 3. The third-order valence-electron chi connectivity index (χ3n) is 4.11. The fourth-order valence-corrected chi connectivity index (χ4v) is 4.09. The van der Waals surface area contributed by atoms with Gasteiger partial charge in [0.05, 0.1) is 18.1 Å². The maximum Gasteiger partial charge on any atom is 0.432 e. The summed E-state index contributed by atoms with van der Waals surface area (Å²) >= 11 is 0. The molecule has 0 radical (unpaired) electrons. The highest BCUT2D eigenvalue weighted by molar-refractivity contribution is 7.89. The zero-order valence-electron chi connectivity index (χ0n) is 14.8. The summed E-state index contributed by atoms with van der Waals surface area (Å²) in [5.41, 5.74) is -0.171. The minimum atomic E-state index is -4.01. The Labute approximate surface area is 162 Å². The van der Waals surface area contributed by atoms with Crippen molar-refractivity contribution < 1.29 is 32.6 Å². The number of amides is 1. The Kier molecular flexibility index (Phi) is 6.15. The van der Waals surface area contributed by atoms with Crippen LogP contribution in [-0.4, -0.2) is 38.7 Å². The van der Waals surface area contributed by atoms with Gasteiger partial charge in [-0.2, -0.15) is 4.72 Å². The van der Waals surface area contributed by atoms with Gasteiger partial charge in [-0.1, -0.05) is 18.2 Å². The van der Waals surface area contributed by atoms with Crippen molar-refractivity contribution in [2.24, 2.45) is 0 Å². The van der Waals surface area contributed by atoms with Crippen molar-refractivity contribution in [2.45, 2.75) is 23.5 Å². The van der Waals surface area contributed by atoms with E-state index in [0.29, 0.717) is 11.5 Å². The van der Waals surface area contributed by atoms with E-state index in [-0.39, 0.29) is 31.0 Å². The number of nitrogens with one attached hydrogen (secondary N) is 2. The second-order valence-corrected chi connectivity index (χ2v) is 7.78. The van der Waals surface area contributed by atoms with Crippen molar-refractivity contribution in [1.82, 2.24) is 10.2 Å². The summed E-state index contributed by atoms with van der Waals surface area (Å²) in [6.45, 7) is 0.399. The van der Waals surface area contributed by atoms with Gasteiger partial charge in [0.1, 0.15) is 11.5 Å². The molecular weight excluding hydrogens is 388 g/mol. The van der Waals surface area contributed by atoms with E-state index in [4.69, 9.17) is 19.4 Å². The average molecular weight is 408 g/mol. The molecule has 0 unspecified atom stereocenters. The molecule has 0 aliphatic carbocycles. The number of hydrogen-bond acceptors (Lipinski definition) is 7. The third kappa shape index (κ3) is 4.98. The number of rotatable bonds is 6. The van der Waals surface area contributed by atoms with E-state index in [1.807, 2.05) is 18.2 Å². The van der Waals surface area contributed by atoms with Crippen LogP contribution in [0.25, 0.3) is 0 Å². The molecule has 0 atom stereocenters. The molecule has 0 aromatic heterocycles. The van der Waals surface area contributed by atoms with E-state index in [1.54, 1.807) is 12.1 Å². The van der Waals surface area contributed by atoms with Crippen LogP contribution in [0, 0.1) is 0 Å². The average Bonchev–Trinajstić information content (AvgIpc) is 2.69. The van der Waals surface area contributed by atoms with Gasteiger partial charge in [-0.3, -0.25) is 5.21 Å². The van der Waals surface area contributed by atoms with E-state index in [2.05, 4.69) is 4.72 Å². The lowest BCUT2D eigenvalue weighted by molar-refractivity contribution is -0.0848. The zero-order valence-corrected chi connectivity index (χ0v) is 15.6. The molecule has 1 amide bonds. The molecule has 9 nitrogen and oxygen atoms in total. The van der Waals surface area contributed by atoms with E-state index in [0.717, 1.165) is 0 Å². The highest BCUT2D eigenvalue weighted by Crippen LogP contribution is 2.27. The van der Waals surface area contributed by atoms with Crippen molar-refractivity contribution in [2.75, 3.05) is 13.2 Å². The molecule has 3 rings (SSSR count). The Hall–Kier alpha value is -2.66. The number of carbonyl (C=O) groups is 1. The van der Waals surface area contributed by atoms with Crippen molar-refractivity contribution in [3.05, 3.63) is 54.6 Å². The van der Waals surface area contributed by atoms with Gasteiger partial charge in [0, 0.05) is 12.8 Å². The standard InChI is InChI=1S/C18H20N2O7S/c21-17(19-22)27-18(10-12-25-13-11-18)20-28(23,24)16-8-6-15(7-9-16)26-14-4-2-1-3-5-14/h1-9,20,22H,10-13H2,(H,19,21). The quantitative estimate of drug-likeness (QED) is 0.381. The second-order valence-electron chi connectivity index (χ2n) is 6.10. The van der Waals surface area contributed by atoms with Gasteiger partial charge < -0.3 is 14.2 Å². The Morgan fingerprint density at radius 3 is 2.21 bits per heavy atom. The van der Waals surface area contributed by atoms with E-state index in [9.17, 15) is 13.2 Å². The maximum absolute atomic E-state index is 12.8. The van der Waals surface area contributed by atoms with Gasteiger partial charge in [-0.05, 0) is 36.4 Å². The number of sulfonamides is 1. The molecular formula is C18H20N2O7S. The monoisotopic (exact) mass is 408 g/mol. The molecule has 3 N–H and O–H groups in total. The Morgan fingerprint density at radius 1 is 1.00 bits per heavy atom. The summed E-state index contributed by atoms with van der Waals surface area (Å²) in [4.78, 5) is 11.4. The molecule has 1 aliphatic heterocycles. The molecule has 150 valence electrons. The first-order valence-electron chi connectivity index (χ1n) is 8.50. The van der Waals surface area contributed by atoms with Gasteiger partial charge in [0.2, 0.25) is 10.0 Å². The van der Waals surface area contributed by atoms with Gasteiger partial charge in [-0.25, -0.2) is 18.7 Å². The first kappa shape index (κ1) is 20.1. The highest BCUT2D eigenvalue weighted by Gasteiger charge is 2.40. The number of carbonyl (C=O) groups excluding carboxylic acids is 1. The van der Waals surface area contributed by atoms with Gasteiger partial charge in [0.15, 0.2) is 5.72 Å². The largest absolute Gasteiger partial charge is 0.457 e. The lowest BCUT2D eigenvalue weighted by Gasteiger charge is -2.36. The first-order valence-corrected chi connectivity index (χ1v) is 9.99. The third-order valence-corrected chi connectivity index (χ3v) is 5.65. The van der Waals surface area contributed by atoms with Crippen LogP contribution in [0.4, 0.5) is 4.79 Å². The van der Waals surface area contributed by atoms with Gasteiger partial charge in [-0.15, -0.1) is 0 Å². The number of para-hydroxylation sites is 1. The molecule has 1 heterocycles.